The third kappa shape index (κ3) is 4.40. The molecular formula is C27H36N2O5S. The summed E-state index contributed by atoms with van der Waals surface area (Å²) in [6, 6.07) is 9.14. The number of aliphatic hydroxyl groups excluding tert-OH is 1. The summed E-state index contributed by atoms with van der Waals surface area (Å²) in [5, 5.41) is 9.32. The quantitative estimate of drug-likeness (QED) is 0.286. The molecule has 0 radical (unpaired) electrons. The van der Waals surface area contributed by atoms with Gasteiger partial charge in [0.1, 0.15) is 6.04 Å². The Labute approximate surface area is 211 Å². The van der Waals surface area contributed by atoms with E-state index in [1.807, 2.05) is 37.3 Å². The van der Waals surface area contributed by atoms with E-state index in [2.05, 4.69) is 6.58 Å². The summed E-state index contributed by atoms with van der Waals surface area (Å²) in [6.07, 6.45) is 4.33. The highest BCUT2D eigenvalue weighted by Gasteiger charge is 2.77. The predicted molar refractivity (Wildman–Crippen MR) is 135 cm³/mol. The van der Waals surface area contributed by atoms with E-state index < -0.39 is 27.4 Å². The topological polar surface area (TPSA) is 87.2 Å². The minimum Gasteiger partial charge on any atom is -0.466 e. The summed E-state index contributed by atoms with van der Waals surface area (Å²) in [7, 11) is 0. The molecule has 1 aromatic carbocycles. The Hall–Kier alpha value is -2.32. The average Bonchev–Trinajstić information content (AvgIpc) is 3.40. The largest absolute Gasteiger partial charge is 0.466 e. The lowest BCUT2D eigenvalue weighted by Crippen LogP contribution is -2.54. The average molecular weight is 501 g/mol. The monoisotopic (exact) mass is 500 g/mol. The molecule has 4 rings (SSSR count). The minimum atomic E-state index is -0.659. The Balaban J connectivity index is 1.72. The summed E-state index contributed by atoms with van der Waals surface area (Å²) in [5.41, 5.74) is 1.01. The van der Waals surface area contributed by atoms with E-state index in [-0.39, 0.29) is 31.0 Å². The molecule has 3 heterocycles. The van der Waals surface area contributed by atoms with E-state index in [4.69, 9.17) is 4.74 Å². The van der Waals surface area contributed by atoms with Crippen LogP contribution in [0.15, 0.2) is 43.0 Å². The fourth-order valence-corrected chi connectivity index (χ4v) is 8.63. The van der Waals surface area contributed by atoms with Gasteiger partial charge in [-0.1, -0.05) is 36.4 Å². The number of carbonyl (C=O) groups excluding carboxylic acids is 3. The van der Waals surface area contributed by atoms with Gasteiger partial charge < -0.3 is 19.6 Å². The lowest BCUT2D eigenvalue weighted by atomic mass is 9.66. The molecule has 3 aliphatic heterocycles. The number of benzene rings is 1. The van der Waals surface area contributed by atoms with Crippen LogP contribution in [0.5, 0.6) is 0 Å². The Bertz CT molecular complexity index is 972. The number of aliphatic hydroxyl groups is 1. The number of rotatable bonds is 11. The molecule has 3 aliphatic rings. The van der Waals surface area contributed by atoms with Crippen LogP contribution < -0.4 is 0 Å². The Kier molecular flexibility index (Phi) is 7.62. The first kappa shape index (κ1) is 25.8. The van der Waals surface area contributed by atoms with Crippen LogP contribution in [0.2, 0.25) is 0 Å². The van der Waals surface area contributed by atoms with Crippen molar-refractivity contribution in [3.8, 4) is 0 Å². The second-order valence-electron chi connectivity index (χ2n) is 9.93. The highest BCUT2D eigenvalue weighted by Crippen LogP contribution is 2.71. The smallest absolute Gasteiger partial charge is 0.311 e. The third-order valence-electron chi connectivity index (χ3n) is 7.74. The van der Waals surface area contributed by atoms with Gasteiger partial charge >= 0.3 is 5.97 Å². The molecule has 0 saturated carbocycles. The van der Waals surface area contributed by atoms with Crippen LogP contribution >= 0.6 is 11.8 Å². The number of fused-ring (bicyclic) bond motifs is 1. The molecule has 35 heavy (non-hydrogen) atoms. The Morgan fingerprint density at radius 2 is 2.03 bits per heavy atom. The summed E-state index contributed by atoms with van der Waals surface area (Å²) in [4.78, 5) is 44.8. The first-order valence-corrected chi connectivity index (χ1v) is 13.4. The zero-order valence-electron chi connectivity index (χ0n) is 20.7. The molecule has 0 aliphatic carbocycles. The fourth-order valence-electron chi connectivity index (χ4n) is 6.29. The highest BCUT2D eigenvalue weighted by atomic mass is 32.2. The van der Waals surface area contributed by atoms with Gasteiger partial charge in [-0.2, -0.15) is 0 Å². The molecule has 0 aromatic heterocycles. The lowest BCUT2D eigenvalue weighted by molar-refractivity contribution is -0.155. The van der Waals surface area contributed by atoms with Gasteiger partial charge in [0.2, 0.25) is 11.8 Å². The van der Waals surface area contributed by atoms with Gasteiger partial charge in [0.15, 0.2) is 0 Å². The molecule has 2 bridgehead atoms. The standard InChI is InChI=1S/C27H36N2O5S/c1-4-15-28(18-19-11-7-6-8-12-19)24(32)22-27-14-13-26(3,35-27)21(25(33)34-5-2)20(27)23(31)29(22)16-9-10-17-30/h4,6-8,11-12,20-22,30H,1,5,9-10,13-18H2,2-3H3/t20-,21-,22?,26+,27?/m0/s1. The number of thioether (sulfide) groups is 1. The van der Waals surface area contributed by atoms with Crippen molar-refractivity contribution in [3.63, 3.8) is 0 Å². The first-order chi connectivity index (χ1) is 16.8. The summed E-state index contributed by atoms with van der Waals surface area (Å²) in [5.74, 6) is -1.70. The van der Waals surface area contributed by atoms with E-state index in [0.29, 0.717) is 38.9 Å². The molecule has 190 valence electrons. The van der Waals surface area contributed by atoms with Gasteiger partial charge in [-0.3, -0.25) is 14.4 Å². The number of hydrogen-bond acceptors (Lipinski definition) is 6. The fraction of sp³-hybridized carbons (Fsp3) is 0.593. The maximum absolute atomic E-state index is 14.3. The molecule has 1 aromatic rings. The molecule has 7 nitrogen and oxygen atoms in total. The van der Waals surface area contributed by atoms with Gasteiger partial charge in [-0.15, -0.1) is 18.3 Å². The van der Waals surface area contributed by atoms with Crippen molar-refractivity contribution in [1.82, 2.24) is 9.80 Å². The van der Waals surface area contributed by atoms with E-state index in [1.54, 1.807) is 34.6 Å². The van der Waals surface area contributed by atoms with Crippen molar-refractivity contribution in [1.29, 1.82) is 0 Å². The summed E-state index contributed by atoms with van der Waals surface area (Å²) in [6.45, 7) is 9.14. The normalized spacial score (nSPS) is 30.9. The minimum absolute atomic E-state index is 0.0318. The second kappa shape index (κ2) is 10.3. The summed E-state index contributed by atoms with van der Waals surface area (Å²) < 4.78 is 4.34. The molecule has 1 spiro atoms. The number of hydrogen-bond donors (Lipinski definition) is 1. The SMILES string of the molecule is C=CCN(Cc1ccccc1)C(=O)C1N(CCCCO)C(=O)[C@@H]2[C@@H](C(=O)OCC)[C@@]3(C)CCC12S3. The van der Waals surface area contributed by atoms with Crippen molar-refractivity contribution in [3.05, 3.63) is 48.6 Å². The van der Waals surface area contributed by atoms with E-state index in [0.717, 1.165) is 12.0 Å². The van der Waals surface area contributed by atoms with E-state index in [9.17, 15) is 19.5 Å². The number of likely N-dealkylation sites (tertiary alicyclic amines) is 1. The van der Waals surface area contributed by atoms with Crippen LogP contribution in [0.4, 0.5) is 0 Å². The number of carbonyl (C=O) groups is 3. The van der Waals surface area contributed by atoms with Gasteiger partial charge in [-0.05, 0) is 45.1 Å². The molecule has 2 amide bonds. The number of nitrogens with zero attached hydrogens (tertiary/aromatic N) is 2. The number of esters is 1. The molecule has 3 saturated heterocycles. The molecule has 5 atom stereocenters. The molecule has 8 heteroatoms. The van der Waals surface area contributed by atoms with Crippen LogP contribution in [0, 0.1) is 11.8 Å². The molecule has 2 unspecified atom stereocenters. The molecule has 1 N–H and O–H groups in total. The van der Waals surface area contributed by atoms with E-state index in [1.165, 1.54) is 0 Å². The highest BCUT2D eigenvalue weighted by molar-refractivity contribution is 8.02. The summed E-state index contributed by atoms with van der Waals surface area (Å²) >= 11 is 1.65. The molecule has 3 fully saturated rings. The van der Waals surface area contributed by atoms with Crippen LogP contribution in [-0.2, 0) is 25.7 Å². The van der Waals surface area contributed by atoms with Crippen LogP contribution in [0.25, 0.3) is 0 Å². The van der Waals surface area contributed by atoms with E-state index >= 15 is 0 Å². The van der Waals surface area contributed by atoms with Crippen molar-refractivity contribution in [2.75, 3.05) is 26.3 Å². The maximum Gasteiger partial charge on any atom is 0.311 e. The van der Waals surface area contributed by atoms with Crippen molar-refractivity contribution in [2.45, 2.75) is 61.6 Å². The van der Waals surface area contributed by atoms with Crippen LogP contribution in [0.1, 0.15) is 45.1 Å². The number of ether oxygens (including phenoxy) is 1. The number of amides is 2. The van der Waals surface area contributed by atoms with Crippen molar-refractivity contribution >= 4 is 29.5 Å². The van der Waals surface area contributed by atoms with Crippen LogP contribution in [0.3, 0.4) is 0 Å². The lowest BCUT2D eigenvalue weighted by Gasteiger charge is -2.37. The Morgan fingerprint density at radius 1 is 1.29 bits per heavy atom. The van der Waals surface area contributed by atoms with Gasteiger partial charge in [-0.25, -0.2) is 0 Å². The Morgan fingerprint density at radius 3 is 2.69 bits per heavy atom. The third-order valence-corrected chi connectivity index (χ3v) is 9.72. The maximum atomic E-state index is 14.3. The second-order valence-corrected chi connectivity index (χ2v) is 11.8. The molecular weight excluding hydrogens is 464 g/mol. The van der Waals surface area contributed by atoms with Gasteiger partial charge in [0.25, 0.3) is 0 Å². The number of unbranched alkanes of at least 4 members (excludes halogenated alkanes) is 1. The predicted octanol–water partition coefficient (Wildman–Crippen LogP) is 3.02. The first-order valence-electron chi connectivity index (χ1n) is 12.5. The van der Waals surface area contributed by atoms with Crippen molar-refractivity contribution in [2.24, 2.45) is 11.8 Å². The zero-order valence-corrected chi connectivity index (χ0v) is 21.5. The van der Waals surface area contributed by atoms with Gasteiger partial charge in [0.05, 0.1) is 23.2 Å². The van der Waals surface area contributed by atoms with Crippen LogP contribution in [-0.4, -0.2) is 74.5 Å². The van der Waals surface area contributed by atoms with Crippen molar-refractivity contribution < 1.29 is 24.2 Å². The van der Waals surface area contributed by atoms with Gasteiger partial charge in [0, 0.05) is 31.0 Å². The zero-order chi connectivity index (χ0) is 25.2.